The lowest BCUT2D eigenvalue weighted by atomic mass is 10.2. The van der Waals surface area contributed by atoms with E-state index in [4.69, 9.17) is 4.74 Å². The summed E-state index contributed by atoms with van der Waals surface area (Å²) in [5.41, 5.74) is 1.30. The molecular formula is C16H27N2O2+. The van der Waals surface area contributed by atoms with Crippen LogP contribution in [0.2, 0.25) is 0 Å². The quantitative estimate of drug-likeness (QED) is 0.780. The van der Waals surface area contributed by atoms with Gasteiger partial charge in [-0.25, -0.2) is 0 Å². The first-order valence-electron chi connectivity index (χ1n) is 7.58. The minimum Gasteiger partial charge on any atom is -0.385 e. The molecule has 1 aliphatic heterocycles. The molecule has 1 fully saturated rings. The van der Waals surface area contributed by atoms with Gasteiger partial charge in [-0.2, -0.15) is 0 Å². The summed E-state index contributed by atoms with van der Waals surface area (Å²) >= 11 is 0. The summed E-state index contributed by atoms with van der Waals surface area (Å²) in [7, 11) is 0. The second-order valence-corrected chi connectivity index (χ2v) is 5.81. The van der Waals surface area contributed by atoms with Gasteiger partial charge in [0.25, 0.3) is 0 Å². The van der Waals surface area contributed by atoms with Gasteiger partial charge in [0, 0.05) is 5.69 Å². The highest BCUT2D eigenvalue weighted by Gasteiger charge is 2.22. The van der Waals surface area contributed by atoms with Crippen LogP contribution in [0.15, 0.2) is 30.3 Å². The van der Waals surface area contributed by atoms with Crippen LogP contribution >= 0.6 is 0 Å². The normalized spacial score (nSPS) is 18.5. The van der Waals surface area contributed by atoms with Gasteiger partial charge in [0.05, 0.1) is 38.9 Å². The van der Waals surface area contributed by atoms with Crippen molar-refractivity contribution < 1.29 is 14.7 Å². The average molecular weight is 279 g/mol. The Kier molecular flexibility index (Phi) is 5.83. The molecule has 0 saturated carbocycles. The first kappa shape index (κ1) is 15.3. The number of hydrogen-bond acceptors (Lipinski definition) is 3. The summed E-state index contributed by atoms with van der Waals surface area (Å²) in [5, 5.41) is 9.97. The van der Waals surface area contributed by atoms with Crippen LogP contribution in [-0.4, -0.2) is 56.6 Å². The Labute approximate surface area is 122 Å². The van der Waals surface area contributed by atoms with Crippen molar-refractivity contribution in [2.75, 3.05) is 44.2 Å². The van der Waals surface area contributed by atoms with E-state index in [0.29, 0.717) is 6.61 Å². The molecule has 20 heavy (non-hydrogen) atoms. The molecule has 0 amide bonds. The maximum absolute atomic E-state index is 9.97. The number of piperazine rings is 1. The van der Waals surface area contributed by atoms with Gasteiger partial charge in [0.1, 0.15) is 12.6 Å². The number of nitrogens with one attached hydrogen (secondary N) is 1. The Hall–Kier alpha value is -1.10. The molecule has 0 spiro atoms. The predicted octanol–water partition coefficient (Wildman–Crippen LogP) is 0.177. The Balaban J connectivity index is 1.71. The molecular weight excluding hydrogens is 252 g/mol. The van der Waals surface area contributed by atoms with Crippen molar-refractivity contribution in [1.29, 1.82) is 0 Å². The van der Waals surface area contributed by atoms with Crippen molar-refractivity contribution in [3.63, 3.8) is 0 Å². The molecule has 0 aromatic heterocycles. The second kappa shape index (κ2) is 7.62. The molecule has 1 aromatic rings. The number of anilines is 1. The zero-order chi connectivity index (χ0) is 14.4. The molecule has 1 aromatic carbocycles. The Morgan fingerprint density at radius 3 is 2.45 bits per heavy atom. The third-order valence-corrected chi connectivity index (χ3v) is 3.74. The van der Waals surface area contributed by atoms with Gasteiger partial charge < -0.3 is 19.6 Å². The molecule has 0 unspecified atom stereocenters. The molecule has 4 heteroatoms. The number of ether oxygens (including phenoxy) is 1. The number of benzene rings is 1. The topological polar surface area (TPSA) is 37.1 Å². The van der Waals surface area contributed by atoms with E-state index in [1.54, 1.807) is 0 Å². The van der Waals surface area contributed by atoms with Crippen molar-refractivity contribution >= 4 is 5.69 Å². The van der Waals surface area contributed by atoms with Gasteiger partial charge in [-0.05, 0) is 26.0 Å². The van der Waals surface area contributed by atoms with Crippen LogP contribution in [0.4, 0.5) is 5.69 Å². The fourth-order valence-corrected chi connectivity index (χ4v) is 2.62. The molecule has 4 nitrogen and oxygen atoms in total. The lowest BCUT2D eigenvalue weighted by Gasteiger charge is -2.34. The van der Waals surface area contributed by atoms with Crippen molar-refractivity contribution in [3.8, 4) is 0 Å². The Bertz CT molecular complexity index is 375. The zero-order valence-corrected chi connectivity index (χ0v) is 12.6. The van der Waals surface area contributed by atoms with Gasteiger partial charge in [-0.3, -0.25) is 0 Å². The number of para-hydroxylation sites is 1. The third-order valence-electron chi connectivity index (χ3n) is 3.74. The molecule has 1 heterocycles. The average Bonchev–Trinajstić information content (AvgIpc) is 2.47. The molecule has 2 N–H and O–H groups in total. The molecule has 0 radical (unpaired) electrons. The van der Waals surface area contributed by atoms with Crippen LogP contribution in [0.1, 0.15) is 13.8 Å². The standard InChI is InChI=1S/C16H26N2O2/c1-14(2)20-13-16(19)12-17-8-10-18(11-9-17)15-6-4-3-5-7-15/h3-7,14,16,19H,8-13H2,1-2H3/p+1/t16-/m1/s1. The predicted molar refractivity (Wildman–Crippen MR) is 81.3 cm³/mol. The number of quaternary nitrogens is 1. The van der Waals surface area contributed by atoms with E-state index in [9.17, 15) is 5.11 Å². The van der Waals surface area contributed by atoms with Crippen molar-refractivity contribution in [1.82, 2.24) is 0 Å². The first-order valence-corrected chi connectivity index (χ1v) is 7.58. The number of aliphatic hydroxyl groups is 1. The minimum atomic E-state index is -0.351. The van der Waals surface area contributed by atoms with E-state index in [1.807, 2.05) is 13.8 Å². The largest absolute Gasteiger partial charge is 0.385 e. The fourth-order valence-electron chi connectivity index (χ4n) is 2.62. The Morgan fingerprint density at radius 1 is 1.20 bits per heavy atom. The molecule has 112 valence electrons. The van der Waals surface area contributed by atoms with E-state index in [2.05, 4.69) is 35.2 Å². The van der Waals surface area contributed by atoms with Gasteiger partial charge in [-0.15, -0.1) is 0 Å². The van der Waals surface area contributed by atoms with Crippen LogP contribution in [0.5, 0.6) is 0 Å². The monoisotopic (exact) mass is 279 g/mol. The summed E-state index contributed by atoms with van der Waals surface area (Å²) in [6, 6.07) is 10.5. The summed E-state index contributed by atoms with van der Waals surface area (Å²) < 4.78 is 5.46. The van der Waals surface area contributed by atoms with Gasteiger partial charge in [0.2, 0.25) is 0 Å². The summed E-state index contributed by atoms with van der Waals surface area (Å²) in [6.07, 6.45) is -0.162. The van der Waals surface area contributed by atoms with E-state index < -0.39 is 0 Å². The maximum Gasteiger partial charge on any atom is 0.126 e. The Morgan fingerprint density at radius 2 is 1.85 bits per heavy atom. The molecule has 1 atom stereocenters. The summed E-state index contributed by atoms with van der Waals surface area (Å²) in [5.74, 6) is 0. The fraction of sp³-hybridized carbons (Fsp3) is 0.625. The summed E-state index contributed by atoms with van der Waals surface area (Å²) in [4.78, 5) is 3.89. The van der Waals surface area contributed by atoms with Gasteiger partial charge in [-0.1, -0.05) is 18.2 Å². The number of nitrogens with zero attached hydrogens (tertiary/aromatic N) is 1. The number of hydrogen-bond donors (Lipinski definition) is 2. The minimum absolute atomic E-state index is 0.189. The highest BCUT2D eigenvalue weighted by molar-refractivity contribution is 5.45. The SMILES string of the molecule is CC(C)OC[C@H](O)C[NH+]1CCN(c2ccccc2)CC1. The van der Waals surface area contributed by atoms with Crippen LogP contribution in [0.3, 0.4) is 0 Å². The lowest BCUT2D eigenvalue weighted by molar-refractivity contribution is -0.903. The molecule has 1 aliphatic rings. The highest BCUT2D eigenvalue weighted by atomic mass is 16.5. The lowest BCUT2D eigenvalue weighted by Crippen LogP contribution is -3.16. The summed E-state index contributed by atoms with van der Waals surface area (Å²) in [6.45, 7) is 9.49. The second-order valence-electron chi connectivity index (χ2n) is 5.81. The van der Waals surface area contributed by atoms with E-state index in [1.165, 1.54) is 10.6 Å². The highest BCUT2D eigenvalue weighted by Crippen LogP contribution is 2.12. The van der Waals surface area contributed by atoms with Crippen LogP contribution < -0.4 is 9.80 Å². The van der Waals surface area contributed by atoms with Gasteiger partial charge in [0.15, 0.2) is 0 Å². The molecule has 0 aliphatic carbocycles. The van der Waals surface area contributed by atoms with E-state index in [-0.39, 0.29) is 12.2 Å². The van der Waals surface area contributed by atoms with Crippen LogP contribution in [0.25, 0.3) is 0 Å². The molecule has 2 rings (SSSR count). The van der Waals surface area contributed by atoms with Gasteiger partial charge >= 0.3 is 0 Å². The van der Waals surface area contributed by atoms with E-state index >= 15 is 0 Å². The third kappa shape index (κ3) is 4.78. The molecule has 0 bridgehead atoms. The first-order chi connectivity index (χ1) is 9.65. The zero-order valence-electron chi connectivity index (χ0n) is 12.6. The molecule has 1 saturated heterocycles. The van der Waals surface area contributed by atoms with Crippen molar-refractivity contribution in [3.05, 3.63) is 30.3 Å². The van der Waals surface area contributed by atoms with Crippen molar-refractivity contribution in [2.45, 2.75) is 26.1 Å². The number of aliphatic hydroxyl groups excluding tert-OH is 1. The van der Waals surface area contributed by atoms with Crippen LogP contribution in [-0.2, 0) is 4.74 Å². The van der Waals surface area contributed by atoms with Crippen LogP contribution in [0, 0.1) is 0 Å². The maximum atomic E-state index is 9.97. The van der Waals surface area contributed by atoms with E-state index in [0.717, 1.165) is 32.7 Å². The number of rotatable bonds is 6. The van der Waals surface area contributed by atoms with Crippen molar-refractivity contribution in [2.24, 2.45) is 0 Å². The smallest absolute Gasteiger partial charge is 0.126 e.